The Morgan fingerprint density at radius 1 is 1.44 bits per heavy atom. The SMILES string of the molecule is NCC[P+](=O)CCCO. The topological polar surface area (TPSA) is 63.3 Å². The second kappa shape index (κ2) is 6.14. The van der Waals surface area contributed by atoms with Gasteiger partial charge in [-0.2, -0.15) is 0 Å². The highest BCUT2D eigenvalue weighted by Crippen LogP contribution is 2.18. The van der Waals surface area contributed by atoms with E-state index in [-0.39, 0.29) is 6.61 Å². The zero-order valence-corrected chi connectivity index (χ0v) is 6.31. The Labute approximate surface area is 56.0 Å². The lowest BCUT2D eigenvalue weighted by atomic mass is 10.5. The minimum absolute atomic E-state index is 0.131. The number of aliphatic hydroxyl groups excluding tert-OH is 1. The van der Waals surface area contributed by atoms with Crippen LogP contribution in [-0.4, -0.2) is 30.6 Å². The predicted molar refractivity (Wildman–Crippen MR) is 38.1 cm³/mol. The fraction of sp³-hybridized carbons (Fsp3) is 1.00. The summed E-state index contributed by atoms with van der Waals surface area (Å²) in [5.74, 6) is 0. The number of hydrogen-bond acceptors (Lipinski definition) is 3. The van der Waals surface area contributed by atoms with Gasteiger partial charge in [-0.25, -0.2) is 0 Å². The molecule has 0 saturated carbocycles. The standard InChI is InChI=1S/C5H13NO2P/c6-2-5-9(8)4-1-3-7/h7H,1-6H2/q+1. The summed E-state index contributed by atoms with van der Waals surface area (Å²) in [6, 6.07) is 0. The highest BCUT2D eigenvalue weighted by molar-refractivity contribution is 7.44. The van der Waals surface area contributed by atoms with Gasteiger partial charge in [0.1, 0.15) is 6.16 Å². The molecule has 9 heavy (non-hydrogen) atoms. The van der Waals surface area contributed by atoms with Gasteiger partial charge in [-0.15, -0.1) is 0 Å². The molecule has 0 amide bonds. The van der Waals surface area contributed by atoms with Gasteiger partial charge in [0.15, 0.2) is 6.16 Å². The lowest BCUT2D eigenvalue weighted by Crippen LogP contribution is -2.02. The molecule has 0 bridgehead atoms. The quantitative estimate of drug-likeness (QED) is 0.548. The summed E-state index contributed by atoms with van der Waals surface area (Å²) in [4.78, 5) is 0. The van der Waals surface area contributed by atoms with Gasteiger partial charge < -0.3 is 10.8 Å². The van der Waals surface area contributed by atoms with Crippen LogP contribution in [0.2, 0.25) is 0 Å². The lowest BCUT2D eigenvalue weighted by molar-refractivity contribution is 0.295. The summed E-state index contributed by atoms with van der Waals surface area (Å²) >= 11 is 0. The fourth-order valence-electron chi connectivity index (χ4n) is 0.503. The highest BCUT2D eigenvalue weighted by atomic mass is 31.1. The molecule has 3 N–H and O–H groups in total. The van der Waals surface area contributed by atoms with E-state index in [9.17, 15) is 4.57 Å². The van der Waals surface area contributed by atoms with E-state index in [1.165, 1.54) is 0 Å². The van der Waals surface area contributed by atoms with Crippen molar-refractivity contribution in [3.05, 3.63) is 0 Å². The molecule has 0 aromatic heterocycles. The molecule has 0 fully saturated rings. The van der Waals surface area contributed by atoms with Crippen LogP contribution in [0.4, 0.5) is 0 Å². The molecule has 3 nitrogen and oxygen atoms in total. The first-order chi connectivity index (χ1) is 4.31. The minimum Gasteiger partial charge on any atom is -0.396 e. The van der Waals surface area contributed by atoms with Gasteiger partial charge >= 0.3 is 7.80 Å². The van der Waals surface area contributed by atoms with Crippen LogP contribution in [0.5, 0.6) is 0 Å². The zero-order valence-electron chi connectivity index (χ0n) is 5.42. The van der Waals surface area contributed by atoms with Crippen LogP contribution >= 0.6 is 7.80 Å². The molecule has 0 aromatic rings. The maximum absolute atomic E-state index is 10.8. The Kier molecular flexibility index (Phi) is 6.16. The van der Waals surface area contributed by atoms with E-state index in [4.69, 9.17) is 10.8 Å². The summed E-state index contributed by atoms with van der Waals surface area (Å²) in [7, 11) is -1.12. The fourth-order valence-corrected chi connectivity index (χ4v) is 1.51. The largest absolute Gasteiger partial charge is 0.396 e. The van der Waals surface area contributed by atoms with E-state index >= 15 is 0 Å². The summed E-state index contributed by atoms with van der Waals surface area (Å²) in [5.41, 5.74) is 5.15. The first kappa shape index (κ1) is 9.02. The van der Waals surface area contributed by atoms with Crippen LogP contribution in [-0.2, 0) is 4.57 Å². The molecule has 54 valence electrons. The van der Waals surface area contributed by atoms with Gasteiger partial charge in [0, 0.05) is 19.6 Å². The maximum Gasteiger partial charge on any atom is 0.340 e. The summed E-state index contributed by atoms with van der Waals surface area (Å²) in [6.45, 7) is 0.617. The average molecular weight is 150 g/mol. The molecular formula is C5H13NO2P+. The van der Waals surface area contributed by atoms with Crippen molar-refractivity contribution in [2.24, 2.45) is 5.73 Å². The summed E-state index contributed by atoms with van der Waals surface area (Å²) in [6.07, 6.45) is 1.84. The van der Waals surface area contributed by atoms with Crippen molar-refractivity contribution >= 4 is 7.80 Å². The molecule has 1 unspecified atom stereocenters. The first-order valence-electron chi connectivity index (χ1n) is 3.04. The van der Waals surface area contributed by atoms with E-state index in [0.717, 1.165) is 0 Å². The molecule has 0 aromatic carbocycles. The van der Waals surface area contributed by atoms with E-state index in [1.54, 1.807) is 0 Å². The summed E-state index contributed by atoms with van der Waals surface area (Å²) < 4.78 is 10.8. The molecule has 0 aliphatic heterocycles. The van der Waals surface area contributed by atoms with Gasteiger partial charge in [-0.1, -0.05) is 4.57 Å². The van der Waals surface area contributed by atoms with Crippen molar-refractivity contribution in [2.75, 3.05) is 25.5 Å². The van der Waals surface area contributed by atoms with Crippen molar-refractivity contribution in [2.45, 2.75) is 6.42 Å². The first-order valence-corrected chi connectivity index (χ1v) is 4.67. The third-order valence-corrected chi connectivity index (χ3v) is 2.52. The Hall–Kier alpha value is 0.0200. The number of nitrogens with two attached hydrogens (primary N) is 1. The normalized spacial score (nSPS) is 11.6. The van der Waals surface area contributed by atoms with E-state index in [1.807, 2.05) is 0 Å². The molecule has 0 radical (unpaired) electrons. The van der Waals surface area contributed by atoms with Crippen LogP contribution in [0.3, 0.4) is 0 Å². The monoisotopic (exact) mass is 150 g/mol. The van der Waals surface area contributed by atoms with Crippen LogP contribution in [0.1, 0.15) is 6.42 Å². The Balaban J connectivity index is 3.06. The second-order valence-corrected chi connectivity index (χ2v) is 3.65. The Morgan fingerprint density at radius 3 is 2.56 bits per heavy atom. The number of rotatable bonds is 5. The average Bonchev–Trinajstić information content (AvgIpc) is 1.85. The molecule has 0 aliphatic rings. The molecule has 0 rings (SSSR count). The summed E-state index contributed by atoms with van der Waals surface area (Å²) in [5, 5.41) is 8.32. The van der Waals surface area contributed by atoms with Gasteiger partial charge in [-0.3, -0.25) is 0 Å². The van der Waals surface area contributed by atoms with E-state index in [2.05, 4.69) is 0 Å². The van der Waals surface area contributed by atoms with Crippen LogP contribution in [0.25, 0.3) is 0 Å². The van der Waals surface area contributed by atoms with Crippen molar-refractivity contribution in [3.63, 3.8) is 0 Å². The third-order valence-electron chi connectivity index (χ3n) is 0.944. The molecule has 4 heteroatoms. The molecular weight excluding hydrogens is 137 g/mol. The van der Waals surface area contributed by atoms with E-state index in [0.29, 0.717) is 25.3 Å². The lowest BCUT2D eigenvalue weighted by Gasteiger charge is -1.83. The number of aliphatic hydroxyl groups is 1. The van der Waals surface area contributed by atoms with Crippen LogP contribution in [0.15, 0.2) is 0 Å². The van der Waals surface area contributed by atoms with Crippen molar-refractivity contribution in [1.29, 1.82) is 0 Å². The van der Waals surface area contributed by atoms with Gasteiger partial charge in [-0.05, 0) is 0 Å². The van der Waals surface area contributed by atoms with Crippen LogP contribution in [0, 0.1) is 0 Å². The van der Waals surface area contributed by atoms with Crippen molar-refractivity contribution in [1.82, 2.24) is 0 Å². The molecule has 1 atom stereocenters. The molecule has 0 heterocycles. The zero-order chi connectivity index (χ0) is 7.11. The predicted octanol–water partition coefficient (Wildman–Crippen LogP) is 0.155. The van der Waals surface area contributed by atoms with Gasteiger partial charge in [0.2, 0.25) is 0 Å². The van der Waals surface area contributed by atoms with E-state index < -0.39 is 7.80 Å². The third kappa shape index (κ3) is 5.90. The molecule has 0 spiro atoms. The highest BCUT2D eigenvalue weighted by Gasteiger charge is 2.10. The Bertz CT molecular complexity index is 87.0. The molecule has 0 aliphatic carbocycles. The van der Waals surface area contributed by atoms with Crippen LogP contribution < -0.4 is 5.73 Å². The number of hydrogen-bond donors (Lipinski definition) is 2. The van der Waals surface area contributed by atoms with Crippen molar-refractivity contribution in [3.8, 4) is 0 Å². The smallest absolute Gasteiger partial charge is 0.340 e. The minimum atomic E-state index is -1.12. The maximum atomic E-state index is 10.8. The van der Waals surface area contributed by atoms with Gasteiger partial charge in [0.25, 0.3) is 0 Å². The Morgan fingerprint density at radius 2 is 2.11 bits per heavy atom. The second-order valence-electron chi connectivity index (χ2n) is 1.79. The van der Waals surface area contributed by atoms with Crippen molar-refractivity contribution < 1.29 is 9.67 Å². The van der Waals surface area contributed by atoms with Gasteiger partial charge in [0.05, 0.1) is 0 Å². The molecule has 0 saturated heterocycles.